The molecule has 2 nitrogen and oxygen atoms in total. The lowest BCUT2D eigenvalue weighted by Crippen LogP contribution is -2.36. The van der Waals surface area contributed by atoms with E-state index in [9.17, 15) is 0 Å². The summed E-state index contributed by atoms with van der Waals surface area (Å²) in [4.78, 5) is 2.20. The van der Waals surface area contributed by atoms with Gasteiger partial charge < -0.3 is 5.11 Å². The number of rotatable bonds is 7. The Morgan fingerprint density at radius 1 is 1.23 bits per heavy atom. The van der Waals surface area contributed by atoms with Gasteiger partial charge in [-0.05, 0) is 0 Å². The average Bonchev–Trinajstić information content (AvgIpc) is 2.05. The Labute approximate surface area is 81.6 Å². The zero-order chi connectivity index (χ0) is 10.3. The molecule has 1 N–H and O–H groups in total. The van der Waals surface area contributed by atoms with Gasteiger partial charge in [0.05, 0.1) is 0 Å². The molecule has 0 heterocycles. The van der Waals surface area contributed by atoms with Crippen LogP contribution in [-0.4, -0.2) is 36.2 Å². The van der Waals surface area contributed by atoms with E-state index in [1.54, 1.807) is 0 Å². The van der Waals surface area contributed by atoms with Crippen molar-refractivity contribution in [3.63, 3.8) is 0 Å². The van der Waals surface area contributed by atoms with Gasteiger partial charge in [-0.25, -0.2) is 0 Å². The summed E-state index contributed by atoms with van der Waals surface area (Å²) >= 11 is 0. The van der Waals surface area contributed by atoms with Gasteiger partial charge >= 0.3 is 0 Å². The molecule has 2 heteroatoms. The van der Waals surface area contributed by atoms with E-state index in [0.29, 0.717) is 0 Å². The van der Waals surface area contributed by atoms with E-state index in [-0.39, 0.29) is 12.0 Å². The Balaban J connectivity index is 4.06. The summed E-state index contributed by atoms with van der Waals surface area (Å²) in [7, 11) is 0. The third-order valence-electron chi connectivity index (χ3n) is 1.85. The highest BCUT2D eigenvalue weighted by atomic mass is 16.3. The summed E-state index contributed by atoms with van der Waals surface area (Å²) in [6, 6.07) is 0. The van der Waals surface area contributed by atoms with E-state index in [1.165, 1.54) is 0 Å². The molecule has 0 aliphatic heterocycles. The Bertz CT molecular complexity index is 153. The molecule has 0 aromatic rings. The van der Waals surface area contributed by atoms with E-state index >= 15 is 0 Å². The molecule has 76 valence electrons. The van der Waals surface area contributed by atoms with Crippen molar-refractivity contribution in [2.24, 2.45) is 5.41 Å². The summed E-state index contributed by atoms with van der Waals surface area (Å²) in [5, 5.41) is 9.10. The Kier molecular flexibility index (Phi) is 5.67. The van der Waals surface area contributed by atoms with Crippen LogP contribution in [0.3, 0.4) is 0 Å². The first-order valence-electron chi connectivity index (χ1n) is 4.61. The fraction of sp³-hybridized carbons (Fsp3) is 0.636. The number of hydrogen-bond acceptors (Lipinski definition) is 2. The topological polar surface area (TPSA) is 23.5 Å². The van der Waals surface area contributed by atoms with Gasteiger partial charge in [-0.2, -0.15) is 0 Å². The van der Waals surface area contributed by atoms with Crippen LogP contribution in [0.4, 0.5) is 0 Å². The second kappa shape index (κ2) is 5.95. The summed E-state index contributed by atoms with van der Waals surface area (Å²) in [5.74, 6) is 0. The molecule has 0 aromatic heterocycles. The molecule has 0 aliphatic carbocycles. The van der Waals surface area contributed by atoms with Crippen molar-refractivity contribution in [1.29, 1.82) is 0 Å². The molecule has 13 heavy (non-hydrogen) atoms. The molecule has 0 saturated carbocycles. The van der Waals surface area contributed by atoms with Crippen molar-refractivity contribution < 1.29 is 5.11 Å². The standard InChI is InChI=1S/C11H21NO/c1-5-7-12(8-6-2)9-11(3,4)10-13/h5-6,13H,1-2,7-10H2,3-4H3. The van der Waals surface area contributed by atoms with E-state index < -0.39 is 0 Å². The largest absolute Gasteiger partial charge is 0.396 e. The fourth-order valence-electron chi connectivity index (χ4n) is 1.22. The van der Waals surface area contributed by atoms with Crippen molar-refractivity contribution in [3.05, 3.63) is 25.3 Å². The molecule has 0 bridgehead atoms. The second-order valence-electron chi connectivity index (χ2n) is 4.09. The van der Waals surface area contributed by atoms with Gasteiger partial charge in [-0.3, -0.25) is 4.90 Å². The zero-order valence-corrected chi connectivity index (χ0v) is 8.79. The molecule has 0 rings (SSSR count). The van der Waals surface area contributed by atoms with E-state index in [1.807, 2.05) is 26.0 Å². The van der Waals surface area contributed by atoms with Crippen LogP contribution < -0.4 is 0 Å². The third-order valence-corrected chi connectivity index (χ3v) is 1.85. The molecule has 0 radical (unpaired) electrons. The summed E-state index contributed by atoms with van der Waals surface area (Å²) < 4.78 is 0. The highest BCUT2D eigenvalue weighted by Gasteiger charge is 2.19. The van der Waals surface area contributed by atoms with Gasteiger partial charge in [0.25, 0.3) is 0 Å². The fourth-order valence-corrected chi connectivity index (χ4v) is 1.22. The Morgan fingerprint density at radius 2 is 1.69 bits per heavy atom. The van der Waals surface area contributed by atoms with Crippen LogP contribution in [0.1, 0.15) is 13.8 Å². The van der Waals surface area contributed by atoms with Gasteiger partial charge in [0, 0.05) is 31.7 Å². The minimum atomic E-state index is -0.0496. The van der Waals surface area contributed by atoms with Crippen LogP contribution in [0.2, 0.25) is 0 Å². The van der Waals surface area contributed by atoms with Crippen LogP contribution in [0.5, 0.6) is 0 Å². The van der Waals surface area contributed by atoms with E-state index in [4.69, 9.17) is 5.11 Å². The van der Waals surface area contributed by atoms with E-state index in [2.05, 4.69) is 18.1 Å². The molecule has 0 spiro atoms. The van der Waals surface area contributed by atoms with Crippen LogP contribution in [0.25, 0.3) is 0 Å². The van der Waals surface area contributed by atoms with Gasteiger partial charge in [-0.15, -0.1) is 13.2 Å². The molecule has 0 fully saturated rings. The number of nitrogens with zero attached hydrogens (tertiary/aromatic N) is 1. The SMILES string of the molecule is C=CCN(CC=C)CC(C)(C)CO. The predicted molar refractivity (Wildman–Crippen MR) is 57.7 cm³/mol. The van der Waals surface area contributed by atoms with Gasteiger partial charge in [0.2, 0.25) is 0 Å². The number of aliphatic hydroxyl groups is 1. The zero-order valence-electron chi connectivity index (χ0n) is 8.79. The Hall–Kier alpha value is -0.600. The van der Waals surface area contributed by atoms with Crippen LogP contribution >= 0.6 is 0 Å². The molecular weight excluding hydrogens is 162 g/mol. The molecule has 0 aliphatic rings. The Morgan fingerprint density at radius 3 is 2.00 bits per heavy atom. The van der Waals surface area contributed by atoms with Gasteiger partial charge in [-0.1, -0.05) is 26.0 Å². The summed E-state index contributed by atoms with van der Waals surface area (Å²) in [6.45, 7) is 14.2. The normalized spacial score (nSPS) is 11.7. The number of hydrogen-bond donors (Lipinski definition) is 1. The van der Waals surface area contributed by atoms with Crippen LogP contribution in [-0.2, 0) is 0 Å². The molecule has 0 amide bonds. The highest BCUT2D eigenvalue weighted by molar-refractivity contribution is 4.83. The van der Waals surface area contributed by atoms with Crippen molar-refractivity contribution in [3.8, 4) is 0 Å². The molecule has 0 atom stereocenters. The quantitative estimate of drug-likeness (QED) is 0.607. The number of aliphatic hydroxyl groups excluding tert-OH is 1. The van der Waals surface area contributed by atoms with Gasteiger partial charge in [0.1, 0.15) is 0 Å². The predicted octanol–water partition coefficient (Wildman–Crippen LogP) is 1.68. The smallest absolute Gasteiger partial charge is 0.0494 e. The van der Waals surface area contributed by atoms with Crippen molar-refractivity contribution in [2.45, 2.75) is 13.8 Å². The minimum absolute atomic E-state index is 0.0496. The minimum Gasteiger partial charge on any atom is -0.396 e. The highest BCUT2D eigenvalue weighted by Crippen LogP contribution is 2.15. The lowest BCUT2D eigenvalue weighted by molar-refractivity contribution is 0.114. The second-order valence-corrected chi connectivity index (χ2v) is 4.09. The van der Waals surface area contributed by atoms with Crippen molar-refractivity contribution in [1.82, 2.24) is 4.90 Å². The van der Waals surface area contributed by atoms with Crippen molar-refractivity contribution >= 4 is 0 Å². The third kappa shape index (κ3) is 5.61. The van der Waals surface area contributed by atoms with E-state index in [0.717, 1.165) is 19.6 Å². The van der Waals surface area contributed by atoms with Gasteiger partial charge in [0.15, 0.2) is 0 Å². The molecular formula is C11H21NO. The van der Waals surface area contributed by atoms with Crippen LogP contribution in [0.15, 0.2) is 25.3 Å². The molecule has 0 unspecified atom stereocenters. The first-order valence-corrected chi connectivity index (χ1v) is 4.61. The molecule has 0 saturated heterocycles. The summed E-state index contributed by atoms with van der Waals surface area (Å²) in [5.41, 5.74) is -0.0496. The molecule has 0 aromatic carbocycles. The first kappa shape index (κ1) is 12.4. The summed E-state index contributed by atoms with van der Waals surface area (Å²) in [6.07, 6.45) is 3.74. The lowest BCUT2D eigenvalue weighted by Gasteiger charge is -2.29. The van der Waals surface area contributed by atoms with Crippen LogP contribution in [0, 0.1) is 5.41 Å². The monoisotopic (exact) mass is 183 g/mol. The first-order chi connectivity index (χ1) is 6.05. The lowest BCUT2D eigenvalue weighted by atomic mass is 9.94. The maximum absolute atomic E-state index is 9.10. The van der Waals surface area contributed by atoms with Crippen molar-refractivity contribution in [2.75, 3.05) is 26.2 Å². The average molecular weight is 183 g/mol. The maximum atomic E-state index is 9.10. The maximum Gasteiger partial charge on any atom is 0.0494 e.